The summed E-state index contributed by atoms with van der Waals surface area (Å²) in [5, 5.41) is 0. The Morgan fingerprint density at radius 1 is 1.29 bits per heavy atom. The maximum Gasteiger partial charge on any atom is 0.123 e. The van der Waals surface area contributed by atoms with Crippen LogP contribution in [0.5, 0.6) is 5.75 Å². The maximum absolute atomic E-state index is 6.24. The van der Waals surface area contributed by atoms with Crippen LogP contribution in [0.3, 0.4) is 0 Å². The fraction of sp³-hybridized carbons (Fsp3) is 0.667. The second-order valence-corrected chi connectivity index (χ2v) is 6.76. The molecule has 0 amide bonds. The van der Waals surface area contributed by atoms with Crippen molar-refractivity contribution in [2.45, 2.75) is 45.2 Å². The number of para-hydroxylation sites is 1. The summed E-state index contributed by atoms with van der Waals surface area (Å²) in [6, 6.07) is 8.28. The van der Waals surface area contributed by atoms with Crippen LogP contribution < -0.4 is 10.5 Å². The average molecular weight is 290 g/mol. The van der Waals surface area contributed by atoms with Crippen molar-refractivity contribution in [3.63, 3.8) is 0 Å². The SMILES string of the molecule is COc1ccccc1CN(C)C1(CN)CC(C)CCC1C. The van der Waals surface area contributed by atoms with Crippen molar-refractivity contribution in [3.8, 4) is 5.75 Å². The molecule has 118 valence electrons. The summed E-state index contributed by atoms with van der Waals surface area (Å²) in [6.45, 7) is 6.33. The Kier molecular flexibility index (Phi) is 5.28. The molecule has 1 aliphatic rings. The topological polar surface area (TPSA) is 38.5 Å². The highest BCUT2D eigenvalue weighted by molar-refractivity contribution is 5.33. The molecular weight excluding hydrogens is 260 g/mol. The maximum atomic E-state index is 6.24. The predicted molar refractivity (Wildman–Crippen MR) is 88.4 cm³/mol. The Balaban J connectivity index is 2.21. The second kappa shape index (κ2) is 6.80. The molecule has 0 aliphatic heterocycles. The molecule has 3 unspecified atom stereocenters. The molecule has 3 nitrogen and oxygen atoms in total. The Morgan fingerprint density at radius 3 is 2.67 bits per heavy atom. The monoisotopic (exact) mass is 290 g/mol. The van der Waals surface area contributed by atoms with Crippen molar-refractivity contribution >= 4 is 0 Å². The molecule has 0 aromatic heterocycles. The molecule has 1 fully saturated rings. The van der Waals surface area contributed by atoms with Gasteiger partial charge in [-0.1, -0.05) is 38.5 Å². The molecule has 0 heterocycles. The summed E-state index contributed by atoms with van der Waals surface area (Å²) in [4.78, 5) is 2.46. The number of hydrogen-bond acceptors (Lipinski definition) is 3. The fourth-order valence-electron chi connectivity index (χ4n) is 3.93. The van der Waals surface area contributed by atoms with Crippen molar-refractivity contribution in [2.24, 2.45) is 17.6 Å². The molecule has 1 aromatic rings. The fourth-order valence-corrected chi connectivity index (χ4v) is 3.93. The van der Waals surface area contributed by atoms with Gasteiger partial charge in [-0.3, -0.25) is 4.90 Å². The van der Waals surface area contributed by atoms with Gasteiger partial charge in [0.05, 0.1) is 7.11 Å². The second-order valence-electron chi connectivity index (χ2n) is 6.76. The van der Waals surface area contributed by atoms with E-state index < -0.39 is 0 Å². The zero-order chi connectivity index (χ0) is 15.5. The first-order chi connectivity index (χ1) is 10.0. The predicted octanol–water partition coefficient (Wildman–Crippen LogP) is 3.28. The van der Waals surface area contributed by atoms with E-state index in [1.54, 1.807) is 7.11 Å². The van der Waals surface area contributed by atoms with Gasteiger partial charge in [-0.2, -0.15) is 0 Å². The number of benzene rings is 1. The molecule has 1 aromatic carbocycles. The number of rotatable bonds is 5. The first kappa shape index (κ1) is 16.3. The number of methoxy groups -OCH3 is 1. The van der Waals surface area contributed by atoms with Crippen LogP contribution in [-0.4, -0.2) is 31.1 Å². The van der Waals surface area contributed by atoms with Crippen LogP contribution in [0.4, 0.5) is 0 Å². The van der Waals surface area contributed by atoms with Crippen molar-refractivity contribution in [1.29, 1.82) is 0 Å². The third kappa shape index (κ3) is 3.24. The molecule has 3 atom stereocenters. The molecule has 0 radical (unpaired) electrons. The van der Waals surface area contributed by atoms with Gasteiger partial charge in [-0.15, -0.1) is 0 Å². The van der Waals surface area contributed by atoms with Gasteiger partial charge in [-0.25, -0.2) is 0 Å². The first-order valence-corrected chi connectivity index (χ1v) is 8.06. The van der Waals surface area contributed by atoms with E-state index in [1.807, 2.05) is 12.1 Å². The Morgan fingerprint density at radius 2 is 2.00 bits per heavy atom. The van der Waals surface area contributed by atoms with Crippen LogP contribution in [0.25, 0.3) is 0 Å². The zero-order valence-corrected chi connectivity index (χ0v) is 13.9. The lowest BCUT2D eigenvalue weighted by Crippen LogP contribution is -2.58. The summed E-state index contributed by atoms with van der Waals surface area (Å²) in [5.74, 6) is 2.36. The van der Waals surface area contributed by atoms with Crippen molar-refractivity contribution in [3.05, 3.63) is 29.8 Å². The number of hydrogen-bond donors (Lipinski definition) is 1. The minimum atomic E-state index is 0.110. The third-order valence-electron chi connectivity index (χ3n) is 5.43. The largest absolute Gasteiger partial charge is 0.496 e. The summed E-state index contributed by atoms with van der Waals surface area (Å²) in [5.41, 5.74) is 7.59. The van der Waals surface area contributed by atoms with E-state index in [2.05, 4.69) is 37.9 Å². The lowest BCUT2D eigenvalue weighted by Gasteiger charge is -2.50. The van der Waals surface area contributed by atoms with Crippen molar-refractivity contribution < 1.29 is 4.74 Å². The van der Waals surface area contributed by atoms with Gasteiger partial charge in [0.2, 0.25) is 0 Å². The summed E-state index contributed by atoms with van der Waals surface area (Å²) in [6.07, 6.45) is 3.79. The van der Waals surface area contributed by atoms with Gasteiger partial charge in [0.25, 0.3) is 0 Å². The van der Waals surface area contributed by atoms with Crippen LogP contribution >= 0.6 is 0 Å². The van der Waals surface area contributed by atoms with Crippen LogP contribution in [-0.2, 0) is 6.54 Å². The Hall–Kier alpha value is -1.06. The molecule has 0 bridgehead atoms. The molecule has 21 heavy (non-hydrogen) atoms. The molecule has 1 saturated carbocycles. The van der Waals surface area contributed by atoms with E-state index in [-0.39, 0.29) is 5.54 Å². The van der Waals surface area contributed by atoms with E-state index >= 15 is 0 Å². The highest BCUT2D eigenvalue weighted by Gasteiger charge is 2.42. The number of nitrogens with two attached hydrogens (primary N) is 1. The van der Waals surface area contributed by atoms with Crippen LogP contribution in [0.15, 0.2) is 24.3 Å². The van der Waals surface area contributed by atoms with E-state index in [0.717, 1.165) is 24.8 Å². The minimum absolute atomic E-state index is 0.110. The van der Waals surface area contributed by atoms with Crippen LogP contribution in [0.2, 0.25) is 0 Å². The van der Waals surface area contributed by atoms with Gasteiger partial charge < -0.3 is 10.5 Å². The summed E-state index contributed by atoms with van der Waals surface area (Å²) < 4.78 is 5.49. The lowest BCUT2D eigenvalue weighted by molar-refractivity contribution is 0.00867. The van der Waals surface area contributed by atoms with E-state index in [4.69, 9.17) is 10.5 Å². The lowest BCUT2D eigenvalue weighted by atomic mass is 9.68. The van der Waals surface area contributed by atoms with Gasteiger partial charge in [-0.05, 0) is 37.8 Å². The molecule has 0 spiro atoms. The van der Waals surface area contributed by atoms with Crippen LogP contribution in [0.1, 0.15) is 38.7 Å². The molecule has 1 aliphatic carbocycles. The molecule has 2 N–H and O–H groups in total. The molecular formula is C18H30N2O. The van der Waals surface area contributed by atoms with Gasteiger partial charge in [0.15, 0.2) is 0 Å². The Labute approximate surface area is 129 Å². The zero-order valence-electron chi connectivity index (χ0n) is 13.9. The number of ether oxygens (including phenoxy) is 1. The first-order valence-electron chi connectivity index (χ1n) is 8.06. The average Bonchev–Trinajstić information content (AvgIpc) is 2.50. The summed E-state index contributed by atoms with van der Waals surface area (Å²) >= 11 is 0. The van der Waals surface area contributed by atoms with Gasteiger partial charge >= 0.3 is 0 Å². The van der Waals surface area contributed by atoms with E-state index in [1.165, 1.54) is 24.8 Å². The van der Waals surface area contributed by atoms with Crippen molar-refractivity contribution in [1.82, 2.24) is 4.90 Å². The van der Waals surface area contributed by atoms with E-state index in [0.29, 0.717) is 5.92 Å². The summed E-state index contributed by atoms with van der Waals surface area (Å²) in [7, 11) is 3.96. The van der Waals surface area contributed by atoms with Crippen LogP contribution in [0, 0.1) is 11.8 Å². The number of nitrogens with zero attached hydrogens (tertiary/aromatic N) is 1. The standard InChI is InChI=1S/C18H30N2O/c1-14-9-10-15(2)18(11-14,13-19)20(3)12-16-7-5-6-8-17(16)21-4/h5-8,14-15H,9-13,19H2,1-4H3. The van der Waals surface area contributed by atoms with Crippen molar-refractivity contribution in [2.75, 3.05) is 20.7 Å². The molecule has 3 heteroatoms. The molecule has 0 saturated heterocycles. The normalized spacial score (nSPS) is 29.6. The highest BCUT2D eigenvalue weighted by Crippen LogP contribution is 2.40. The van der Waals surface area contributed by atoms with Gasteiger partial charge in [0.1, 0.15) is 5.75 Å². The number of likely N-dealkylation sites (N-methyl/N-ethyl adjacent to an activating group) is 1. The molecule has 2 rings (SSSR count). The van der Waals surface area contributed by atoms with Gasteiger partial charge in [0, 0.05) is 24.2 Å². The third-order valence-corrected chi connectivity index (χ3v) is 5.43. The highest BCUT2D eigenvalue weighted by atomic mass is 16.5. The minimum Gasteiger partial charge on any atom is -0.496 e. The smallest absolute Gasteiger partial charge is 0.123 e. The Bertz CT molecular complexity index is 462. The van der Waals surface area contributed by atoms with E-state index in [9.17, 15) is 0 Å². The quantitative estimate of drug-likeness (QED) is 0.904.